The number of methoxy groups -OCH3 is 1. The van der Waals surface area contributed by atoms with Crippen LogP contribution in [0.4, 0.5) is 0 Å². The van der Waals surface area contributed by atoms with Gasteiger partial charge in [-0.25, -0.2) is 14.5 Å². The van der Waals surface area contributed by atoms with Crippen molar-refractivity contribution >= 4 is 5.97 Å². The maximum absolute atomic E-state index is 12.3. The number of hydrogen-bond acceptors (Lipinski definition) is 5. The van der Waals surface area contributed by atoms with Gasteiger partial charge < -0.3 is 9.47 Å². The van der Waals surface area contributed by atoms with Crippen molar-refractivity contribution in [2.45, 2.75) is 51.7 Å². The van der Waals surface area contributed by atoms with Gasteiger partial charge in [0.2, 0.25) is 0 Å². The van der Waals surface area contributed by atoms with Crippen LogP contribution in [0.3, 0.4) is 0 Å². The van der Waals surface area contributed by atoms with Crippen molar-refractivity contribution < 1.29 is 14.3 Å². The van der Waals surface area contributed by atoms with Gasteiger partial charge in [0.25, 0.3) is 0 Å². The highest BCUT2D eigenvalue weighted by Crippen LogP contribution is 2.24. The summed E-state index contributed by atoms with van der Waals surface area (Å²) in [4.78, 5) is 16.6. The number of carbonyl (C=O) groups excluding carboxylic acids is 1. The number of aromatic nitrogens is 3. The third-order valence-corrected chi connectivity index (χ3v) is 4.41. The summed E-state index contributed by atoms with van der Waals surface area (Å²) >= 11 is 0. The molecule has 0 bridgehead atoms. The molecule has 0 aliphatic heterocycles. The monoisotopic (exact) mass is 329 g/mol. The van der Waals surface area contributed by atoms with E-state index in [0.29, 0.717) is 5.56 Å². The fourth-order valence-corrected chi connectivity index (χ4v) is 3.15. The highest BCUT2D eigenvalue weighted by atomic mass is 16.5. The molecule has 0 unspecified atom stereocenters. The lowest BCUT2D eigenvalue weighted by Gasteiger charge is -2.27. The van der Waals surface area contributed by atoms with Crippen LogP contribution in [0.2, 0.25) is 0 Å². The largest absolute Gasteiger partial charge is 0.459 e. The summed E-state index contributed by atoms with van der Waals surface area (Å²) in [5, 5.41) is 4.34. The van der Waals surface area contributed by atoms with Gasteiger partial charge in [0.1, 0.15) is 17.8 Å². The van der Waals surface area contributed by atoms with E-state index in [1.165, 1.54) is 0 Å². The molecule has 6 nitrogen and oxygen atoms in total. The van der Waals surface area contributed by atoms with Crippen LogP contribution in [-0.4, -0.2) is 40.1 Å². The molecule has 24 heavy (non-hydrogen) atoms. The van der Waals surface area contributed by atoms with Crippen LogP contribution in [0, 0.1) is 13.8 Å². The molecule has 2 atom stereocenters. The van der Waals surface area contributed by atoms with Gasteiger partial charge in [-0.05, 0) is 57.4 Å². The van der Waals surface area contributed by atoms with Gasteiger partial charge in [-0.2, -0.15) is 5.10 Å². The normalized spacial score (nSPS) is 20.8. The molecule has 0 spiro atoms. The van der Waals surface area contributed by atoms with Gasteiger partial charge in [-0.15, -0.1) is 0 Å². The Morgan fingerprint density at radius 3 is 2.50 bits per heavy atom. The lowest BCUT2D eigenvalue weighted by molar-refractivity contribution is -0.0149. The highest BCUT2D eigenvalue weighted by molar-refractivity contribution is 5.89. The van der Waals surface area contributed by atoms with E-state index in [-0.39, 0.29) is 18.2 Å². The van der Waals surface area contributed by atoms with E-state index in [9.17, 15) is 4.79 Å². The Labute approximate surface area is 141 Å². The minimum Gasteiger partial charge on any atom is -0.459 e. The van der Waals surface area contributed by atoms with E-state index in [0.717, 1.165) is 43.0 Å². The summed E-state index contributed by atoms with van der Waals surface area (Å²) in [6.45, 7) is 3.75. The van der Waals surface area contributed by atoms with Crippen molar-refractivity contribution in [3.05, 3.63) is 41.5 Å². The fourth-order valence-electron chi connectivity index (χ4n) is 3.15. The van der Waals surface area contributed by atoms with Crippen LogP contribution < -0.4 is 0 Å². The first-order valence-corrected chi connectivity index (χ1v) is 8.31. The second-order valence-electron chi connectivity index (χ2n) is 6.22. The molecule has 1 aliphatic carbocycles. The Morgan fingerprint density at radius 2 is 1.88 bits per heavy atom. The predicted molar refractivity (Wildman–Crippen MR) is 89.3 cm³/mol. The molecule has 1 heterocycles. The minimum absolute atomic E-state index is 0.0592. The Morgan fingerprint density at radius 1 is 1.17 bits per heavy atom. The fraction of sp³-hybridized carbons (Fsp3) is 0.500. The lowest BCUT2D eigenvalue weighted by atomic mass is 9.95. The second kappa shape index (κ2) is 7.13. The molecule has 128 valence electrons. The smallest absolute Gasteiger partial charge is 0.338 e. The summed E-state index contributed by atoms with van der Waals surface area (Å²) < 4.78 is 12.8. The van der Waals surface area contributed by atoms with Crippen LogP contribution in [0.15, 0.2) is 24.3 Å². The molecule has 3 rings (SSSR count). The molecule has 0 N–H and O–H groups in total. The van der Waals surface area contributed by atoms with Gasteiger partial charge >= 0.3 is 5.97 Å². The molecule has 0 amide bonds. The van der Waals surface area contributed by atoms with E-state index in [1.807, 2.05) is 26.0 Å². The molecule has 1 aromatic carbocycles. The zero-order valence-corrected chi connectivity index (χ0v) is 14.4. The summed E-state index contributed by atoms with van der Waals surface area (Å²) in [6.07, 6.45) is 3.88. The number of aryl methyl sites for hydroxylation is 2. The van der Waals surface area contributed by atoms with Crippen molar-refractivity contribution in [1.29, 1.82) is 0 Å². The summed E-state index contributed by atoms with van der Waals surface area (Å²) in [5.41, 5.74) is 1.43. The predicted octanol–water partition coefficient (Wildman–Crippen LogP) is 3.00. The molecule has 1 fully saturated rings. The molecule has 0 radical (unpaired) electrons. The van der Waals surface area contributed by atoms with Crippen molar-refractivity contribution in [2.24, 2.45) is 0 Å². The highest BCUT2D eigenvalue weighted by Gasteiger charge is 2.25. The quantitative estimate of drug-likeness (QED) is 0.807. The summed E-state index contributed by atoms with van der Waals surface area (Å²) in [6, 6.07) is 7.25. The first-order valence-electron chi connectivity index (χ1n) is 8.31. The zero-order chi connectivity index (χ0) is 17.1. The third-order valence-electron chi connectivity index (χ3n) is 4.41. The lowest BCUT2D eigenvalue weighted by Crippen LogP contribution is -2.29. The number of benzene rings is 1. The van der Waals surface area contributed by atoms with E-state index in [4.69, 9.17) is 9.47 Å². The molecule has 2 aromatic rings. The van der Waals surface area contributed by atoms with Crippen molar-refractivity contribution in [2.75, 3.05) is 7.11 Å². The number of nitrogens with zero attached hydrogens (tertiary/aromatic N) is 3. The van der Waals surface area contributed by atoms with Crippen LogP contribution in [0.5, 0.6) is 0 Å². The van der Waals surface area contributed by atoms with Crippen molar-refractivity contribution in [3.63, 3.8) is 0 Å². The molecule has 1 aromatic heterocycles. The van der Waals surface area contributed by atoms with Crippen LogP contribution in [-0.2, 0) is 9.47 Å². The third kappa shape index (κ3) is 3.64. The number of esters is 1. The van der Waals surface area contributed by atoms with Gasteiger partial charge in [0.05, 0.1) is 17.4 Å². The first kappa shape index (κ1) is 16.6. The molecular weight excluding hydrogens is 306 g/mol. The summed E-state index contributed by atoms with van der Waals surface area (Å²) in [5.74, 6) is 1.26. The zero-order valence-electron chi connectivity index (χ0n) is 14.4. The number of ether oxygens (including phenoxy) is 2. The molecule has 1 aliphatic rings. The maximum atomic E-state index is 12.3. The topological polar surface area (TPSA) is 66.2 Å². The van der Waals surface area contributed by atoms with Gasteiger partial charge in [-0.3, -0.25) is 0 Å². The molecule has 0 saturated heterocycles. The average molecular weight is 329 g/mol. The SMILES string of the molecule is CO[C@@H]1CCC[C@@H](OC(=O)c2ccc(-n3nc(C)nc3C)cc2)C1. The Bertz CT molecular complexity index is 709. The molecular formula is C18H23N3O3. The van der Waals surface area contributed by atoms with Crippen LogP contribution in [0.1, 0.15) is 47.7 Å². The number of hydrogen-bond donors (Lipinski definition) is 0. The average Bonchev–Trinajstić information content (AvgIpc) is 2.93. The van der Waals surface area contributed by atoms with E-state index in [2.05, 4.69) is 10.1 Å². The van der Waals surface area contributed by atoms with Gasteiger partial charge in [0.15, 0.2) is 0 Å². The van der Waals surface area contributed by atoms with Crippen LogP contribution in [0.25, 0.3) is 5.69 Å². The van der Waals surface area contributed by atoms with Crippen molar-refractivity contribution in [1.82, 2.24) is 14.8 Å². The first-order chi connectivity index (χ1) is 11.6. The van der Waals surface area contributed by atoms with Crippen LogP contribution >= 0.6 is 0 Å². The Hall–Kier alpha value is -2.21. The van der Waals surface area contributed by atoms with E-state index >= 15 is 0 Å². The molecule has 1 saturated carbocycles. The van der Waals surface area contributed by atoms with E-state index < -0.39 is 0 Å². The Kier molecular flexibility index (Phi) is 4.94. The second-order valence-corrected chi connectivity index (χ2v) is 6.22. The van der Waals surface area contributed by atoms with Gasteiger partial charge in [-0.1, -0.05) is 0 Å². The Balaban J connectivity index is 1.67. The van der Waals surface area contributed by atoms with E-state index in [1.54, 1.807) is 23.9 Å². The van der Waals surface area contributed by atoms with Crippen molar-refractivity contribution in [3.8, 4) is 5.69 Å². The number of carbonyl (C=O) groups is 1. The number of rotatable bonds is 4. The molecule has 6 heteroatoms. The standard InChI is InChI=1S/C18H23N3O3/c1-12-19-13(2)21(20-12)15-9-7-14(8-10-15)18(22)24-17-6-4-5-16(11-17)23-3/h7-10,16-17H,4-6,11H2,1-3H3/t16-,17-/m1/s1. The maximum Gasteiger partial charge on any atom is 0.338 e. The minimum atomic E-state index is -0.283. The summed E-state index contributed by atoms with van der Waals surface area (Å²) in [7, 11) is 1.71. The van der Waals surface area contributed by atoms with Gasteiger partial charge in [0, 0.05) is 13.5 Å².